The van der Waals surface area contributed by atoms with Crippen LogP contribution >= 0.6 is 0 Å². The number of amides is 1. The van der Waals surface area contributed by atoms with E-state index in [0.29, 0.717) is 24.5 Å². The van der Waals surface area contributed by atoms with Crippen LogP contribution in [0.5, 0.6) is 0 Å². The molecule has 2 aliphatic rings. The van der Waals surface area contributed by atoms with Crippen LogP contribution in [-0.2, 0) is 19.6 Å². The van der Waals surface area contributed by atoms with Crippen LogP contribution in [-0.4, -0.2) is 52.0 Å². The summed E-state index contributed by atoms with van der Waals surface area (Å²) >= 11 is 0. The molecule has 1 heterocycles. The Balaban J connectivity index is 1.79. The summed E-state index contributed by atoms with van der Waals surface area (Å²) in [5.74, 6) is -0.00933. The Hall–Kier alpha value is -1.44. The third-order valence-corrected chi connectivity index (χ3v) is 7.66. The zero-order valence-electron chi connectivity index (χ0n) is 15.3. The van der Waals surface area contributed by atoms with Crippen molar-refractivity contribution in [3.05, 3.63) is 30.3 Å². The first kappa shape index (κ1) is 19.3. The van der Waals surface area contributed by atoms with Crippen molar-refractivity contribution in [2.45, 2.75) is 37.0 Å². The van der Waals surface area contributed by atoms with Gasteiger partial charge in [-0.1, -0.05) is 37.5 Å². The van der Waals surface area contributed by atoms with Gasteiger partial charge in [0.05, 0.1) is 4.90 Å². The number of carbonyl (C=O) groups is 1. The predicted molar refractivity (Wildman–Crippen MR) is 99.1 cm³/mol. The van der Waals surface area contributed by atoms with E-state index in [2.05, 4.69) is 5.32 Å². The summed E-state index contributed by atoms with van der Waals surface area (Å²) in [5, 5.41) is 2.92. The van der Waals surface area contributed by atoms with Gasteiger partial charge >= 0.3 is 0 Å². The molecule has 26 heavy (non-hydrogen) atoms. The van der Waals surface area contributed by atoms with Crippen molar-refractivity contribution in [2.75, 3.05) is 33.4 Å². The van der Waals surface area contributed by atoms with Gasteiger partial charge in [0.2, 0.25) is 15.9 Å². The van der Waals surface area contributed by atoms with E-state index in [9.17, 15) is 13.2 Å². The zero-order chi connectivity index (χ0) is 18.6. The van der Waals surface area contributed by atoms with Gasteiger partial charge in [-0.2, -0.15) is 4.31 Å². The Morgan fingerprint density at radius 1 is 1.23 bits per heavy atom. The Bertz CT molecular complexity index is 714. The summed E-state index contributed by atoms with van der Waals surface area (Å²) in [6.07, 6.45) is 5.51. The van der Waals surface area contributed by atoms with Crippen LogP contribution in [0.1, 0.15) is 32.1 Å². The molecule has 0 radical (unpaired) electrons. The Kier molecular flexibility index (Phi) is 5.99. The maximum absolute atomic E-state index is 13.1. The van der Waals surface area contributed by atoms with E-state index in [-0.39, 0.29) is 23.8 Å². The van der Waals surface area contributed by atoms with Gasteiger partial charge in [-0.15, -0.1) is 0 Å². The molecular weight excluding hydrogens is 352 g/mol. The first-order chi connectivity index (χ1) is 12.5. The van der Waals surface area contributed by atoms with Gasteiger partial charge in [0.15, 0.2) is 0 Å². The second kappa shape index (κ2) is 8.06. The van der Waals surface area contributed by atoms with Crippen molar-refractivity contribution in [1.82, 2.24) is 9.62 Å². The van der Waals surface area contributed by atoms with Crippen LogP contribution in [0.25, 0.3) is 0 Å². The first-order valence-electron chi connectivity index (χ1n) is 9.29. The molecule has 1 aromatic rings. The van der Waals surface area contributed by atoms with Crippen LogP contribution in [0.2, 0.25) is 0 Å². The summed E-state index contributed by atoms with van der Waals surface area (Å²) in [6.45, 7) is 1.55. The SMILES string of the molecule is COCC(=O)NCC1CN(S(=O)(=O)c2ccccc2)CC12CCCCC2. The summed E-state index contributed by atoms with van der Waals surface area (Å²) < 4.78 is 32.6. The fourth-order valence-corrected chi connectivity index (χ4v) is 6.03. The van der Waals surface area contributed by atoms with E-state index in [1.807, 2.05) is 6.07 Å². The fourth-order valence-electron chi connectivity index (χ4n) is 4.43. The number of rotatable bonds is 6. The Labute approximate surface area is 156 Å². The molecule has 0 aromatic heterocycles. The highest BCUT2D eigenvalue weighted by Crippen LogP contribution is 2.48. The highest BCUT2D eigenvalue weighted by molar-refractivity contribution is 7.89. The highest BCUT2D eigenvalue weighted by atomic mass is 32.2. The molecule has 2 fully saturated rings. The van der Waals surface area contributed by atoms with Crippen molar-refractivity contribution in [3.8, 4) is 0 Å². The predicted octanol–water partition coefficient (Wildman–Crippen LogP) is 2.02. The molecule has 1 saturated carbocycles. The zero-order valence-corrected chi connectivity index (χ0v) is 16.1. The van der Waals surface area contributed by atoms with Gasteiger partial charge in [0.25, 0.3) is 0 Å². The van der Waals surface area contributed by atoms with Gasteiger partial charge in [-0.3, -0.25) is 4.79 Å². The van der Waals surface area contributed by atoms with E-state index in [1.54, 1.807) is 28.6 Å². The number of methoxy groups -OCH3 is 1. The van der Waals surface area contributed by atoms with E-state index < -0.39 is 10.0 Å². The molecule has 1 amide bonds. The van der Waals surface area contributed by atoms with Crippen LogP contribution in [0.3, 0.4) is 0 Å². The number of carbonyl (C=O) groups excluding carboxylic acids is 1. The lowest BCUT2D eigenvalue weighted by molar-refractivity contribution is -0.125. The first-order valence-corrected chi connectivity index (χ1v) is 10.7. The van der Waals surface area contributed by atoms with Gasteiger partial charge in [-0.25, -0.2) is 8.42 Å². The van der Waals surface area contributed by atoms with E-state index in [4.69, 9.17) is 4.74 Å². The maximum atomic E-state index is 13.1. The number of hydrogen-bond donors (Lipinski definition) is 1. The number of benzene rings is 1. The lowest BCUT2D eigenvalue weighted by atomic mass is 9.68. The normalized spacial score (nSPS) is 23.2. The minimum Gasteiger partial charge on any atom is -0.375 e. The van der Waals surface area contributed by atoms with Gasteiger partial charge in [-0.05, 0) is 36.3 Å². The van der Waals surface area contributed by atoms with Crippen molar-refractivity contribution >= 4 is 15.9 Å². The van der Waals surface area contributed by atoms with Crippen LogP contribution in [0.4, 0.5) is 0 Å². The number of hydrogen-bond acceptors (Lipinski definition) is 4. The largest absolute Gasteiger partial charge is 0.375 e. The molecule has 1 aliphatic heterocycles. The van der Waals surface area contributed by atoms with Gasteiger partial charge < -0.3 is 10.1 Å². The molecule has 1 saturated heterocycles. The molecule has 6 nitrogen and oxygen atoms in total. The summed E-state index contributed by atoms with van der Waals surface area (Å²) in [4.78, 5) is 12.1. The molecular formula is C19H28N2O4S. The van der Waals surface area contributed by atoms with E-state index in [0.717, 1.165) is 25.7 Å². The second-order valence-electron chi connectivity index (χ2n) is 7.47. The molecule has 3 rings (SSSR count). The lowest BCUT2D eigenvalue weighted by Gasteiger charge is -2.38. The van der Waals surface area contributed by atoms with Crippen LogP contribution in [0, 0.1) is 11.3 Å². The van der Waals surface area contributed by atoms with Crippen molar-refractivity contribution in [3.63, 3.8) is 0 Å². The molecule has 1 aliphatic carbocycles. The van der Waals surface area contributed by atoms with Crippen LogP contribution < -0.4 is 5.32 Å². The summed E-state index contributed by atoms with van der Waals surface area (Å²) in [7, 11) is -2.01. The second-order valence-corrected chi connectivity index (χ2v) is 9.41. The molecule has 1 spiro atoms. The monoisotopic (exact) mass is 380 g/mol. The minimum absolute atomic E-state index is 0.0273. The smallest absolute Gasteiger partial charge is 0.245 e. The van der Waals surface area contributed by atoms with Crippen molar-refractivity contribution in [2.24, 2.45) is 11.3 Å². The highest BCUT2D eigenvalue weighted by Gasteiger charge is 2.50. The fraction of sp³-hybridized carbons (Fsp3) is 0.632. The molecule has 1 atom stereocenters. The molecule has 1 unspecified atom stereocenters. The topological polar surface area (TPSA) is 75.7 Å². The molecule has 1 aromatic carbocycles. The van der Waals surface area contributed by atoms with Gasteiger partial charge in [0, 0.05) is 26.7 Å². The van der Waals surface area contributed by atoms with Crippen molar-refractivity contribution in [1.29, 1.82) is 0 Å². The molecule has 0 bridgehead atoms. The third kappa shape index (κ3) is 3.94. The average molecular weight is 381 g/mol. The Morgan fingerprint density at radius 2 is 1.92 bits per heavy atom. The van der Waals surface area contributed by atoms with Gasteiger partial charge in [0.1, 0.15) is 6.61 Å². The quantitative estimate of drug-likeness (QED) is 0.819. The lowest BCUT2D eigenvalue weighted by Crippen LogP contribution is -2.40. The number of ether oxygens (including phenoxy) is 1. The van der Waals surface area contributed by atoms with E-state index in [1.165, 1.54) is 13.5 Å². The molecule has 1 N–H and O–H groups in total. The number of sulfonamides is 1. The number of nitrogens with one attached hydrogen (secondary N) is 1. The average Bonchev–Trinajstić information content (AvgIpc) is 3.00. The maximum Gasteiger partial charge on any atom is 0.245 e. The Morgan fingerprint density at radius 3 is 2.58 bits per heavy atom. The number of nitrogens with zero attached hydrogens (tertiary/aromatic N) is 1. The van der Waals surface area contributed by atoms with Crippen LogP contribution in [0.15, 0.2) is 35.2 Å². The summed E-state index contributed by atoms with van der Waals surface area (Å²) in [5.41, 5.74) is -0.0273. The summed E-state index contributed by atoms with van der Waals surface area (Å²) in [6, 6.07) is 8.62. The third-order valence-electron chi connectivity index (χ3n) is 5.83. The molecule has 144 valence electrons. The minimum atomic E-state index is -3.50. The van der Waals surface area contributed by atoms with E-state index >= 15 is 0 Å². The van der Waals surface area contributed by atoms with Crippen molar-refractivity contribution < 1.29 is 17.9 Å². The molecule has 7 heteroatoms. The standard InChI is InChI=1S/C19H28N2O4S/c1-25-14-18(22)20-12-16-13-21(15-19(16)10-6-3-7-11-19)26(23,24)17-8-4-2-5-9-17/h2,4-5,8-9,16H,3,6-7,10-15H2,1H3,(H,20,22).